The zero-order valence-corrected chi connectivity index (χ0v) is 31.5. The molecule has 0 saturated heterocycles. The molecule has 11 nitrogen and oxygen atoms in total. The number of amidine groups is 1. The third-order valence-corrected chi connectivity index (χ3v) is 9.93. The van der Waals surface area contributed by atoms with E-state index in [1.54, 1.807) is 0 Å². The van der Waals surface area contributed by atoms with Crippen LogP contribution in [0.1, 0.15) is 80.5 Å². The van der Waals surface area contributed by atoms with Gasteiger partial charge in [-0.05, 0) is 79.2 Å². The second-order valence-electron chi connectivity index (χ2n) is 14.2. The van der Waals surface area contributed by atoms with Crippen molar-refractivity contribution in [3.63, 3.8) is 0 Å². The van der Waals surface area contributed by atoms with E-state index in [4.69, 9.17) is 5.73 Å². The van der Waals surface area contributed by atoms with Crippen LogP contribution in [0, 0.1) is 0 Å². The minimum Gasteiger partial charge on any atom is -0.387 e. The number of nitrogens with one attached hydrogen (secondary N) is 5. The van der Waals surface area contributed by atoms with Crippen LogP contribution in [0.2, 0.25) is 0 Å². The van der Waals surface area contributed by atoms with Crippen LogP contribution in [0.15, 0.2) is 90.1 Å². The van der Waals surface area contributed by atoms with Crippen molar-refractivity contribution >= 4 is 40.2 Å². The molecule has 1 heterocycles. The maximum atomic E-state index is 14.0. The Labute approximate surface area is 318 Å². The summed E-state index contributed by atoms with van der Waals surface area (Å²) in [6.07, 6.45) is 7.45. The van der Waals surface area contributed by atoms with Gasteiger partial charge in [0.05, 0.1) is 17.9 Å². The summed E-state index contributed by atoms with van der Waals surface area (Å²) in [6, 6.07) is 23.8. The van der Waals surface area contributed by atoms with E-state index >= 15 is 0 Å². The molecule has 0 bridgehead atoms. The first-order valence-electron chi connectivity index (χ1n) is 19.3. The fourth-order valence-corrected chi connectivity index (χ4v) is 6.67. The lowest BCUT2D eigenvalue weighted by atomic mass is 9.98. The predicted molar refractivity (Wildman–Crippen MR) is 214 cm³/mol. The van der Waals surface area contributed by atoms with Crippen LogP contribution in [0.4, 0.5) is 0 Å². The number of ketones is 1. The van der Waals surface area contributed by atoms with Crippen molar-refractivity contribution in [2.75, 3.05) is 19.6 Å². The van der Waals surface area contributed by atoms with Crippen LogP contribution in [0.25, 0.3) is 10.9 Å². The number of aliphatic imine (C=N–C) groups is 1. The first-order valence-corrected chi connectivity index (χ1v) is 19.3. The van der Waals surface area contributed by atoms with Crippen molar-refractivity contribution in [3.05, 3.63) is 107 Å². The first-order chi connectivity index (χ1) is 26.2. The molecule has 0 unspecified atom stereocenters. The lowest BCUT2D eigenvalue weighted by Gasteiger charge is -2.24. The molecule has 5 rings (SSSR count). The number of carbonyl (C=O) groups excluding carboxylic acids is 4. The lowest BCUT2D eigenvalue weighted by molar-refractivity contribution is -0.130. The van der Waals surface area contributed by atoms with Crippen molar-refractivity contribution < 1.29 is 19.2 Å². The van der Waals surface area contributed by atoms with Crippen molar-refractivity contribution in [3.8, 4) is 0 Å². The summed E-state index contributed by atoms with van der Waals surface area (Å²) in [7, 11) is 0. The second-order valence-corrected chi connectivity index (χ2v) is 14.2. The van der Waals surface area contributed by atoms with E-state index in [0.29, 0.717) is 63.4 Å². The Morgan fingerprint density at radius 1 is 0.833 bits per heavy atom. The van der Waals surface area contributed by atoms with Crippen molar-refractivity contribution in [1.82, 2.24) is 26.3 Å². The molecule has 286 valence electrons. The highest BCUT2D eigenvalue weighted by molar-refractivity contribution is 5.91. The first kappa shape index (κ1) is 39.9. The number of nitrogens with two attached hydrogens (primary N) is 1. The van der Waals surface area contributed by atoms with E-state index in [1.807, 2.05) is 73.8 Å². The summed E-state index contributed by atoms with van der Waals surface area (Å²) < 4.78 is 0. The monoisotopic (exact) mass is 733 g/mol. The Bertz CT molecular complexity index is 1870. The minimum absolute atomic E-state index is 0.109. The fraction of sp³-hybridized carbons (Fsp3) is 0.419. The van der Waals surface area contributed by atoms with Gasteiger partial charge in [-0.15, -0.1) is 0 Å². The van der Waals surface area contributed by atoms with E-state index in [-0.39, 0.29) is 36.5 Å². The predicted octanol–water partition coefficient (Wildman–Crippen LogP) is 4.64. The van der Waals surface area contributed by atoms with Gasteiger partial charge in [0.1, 0.15) is 6.04 Å². The molecular weight excluding hydrogens is 679 g/mol. The van der Waals surface area contributed by atoms with E-state index in [2.05, 4.69) is 49.4 Å². The summed E-state index contributed by atoms with van der Waals surface area (Å²) in [5.74, 6) is 0.182. The maximum Gasteiger partial charge on any atom is 0.242 e. The number of rotatable bonds is 22. The van der Waals surface area contributed by atoms with E-state index in [1.165, 1.54) is 25.3 Å². The molecule has 1 aliphatic rings. The molecule has 0 aliphatic heterocycles. The van der Waals surface area contributed by atoms with Gasteiger partial charge < -0.3 is 32.0 Å². The zero-order valence-electron chi connectivity index (χ0n) is 31.5. The highest BCUT2D eigenvalue weighted by Crippen LogP contribution is 2.39. The van der Waals surface area contributed by atoms with Crippen LogP contribution < -0.4 is 27.0 Å². The largest absolute Gasteiger partial charge is 0.387 e. The van der Waals surface area contributed by atoms with Gasteiger partial charge in [-0.1, -0.05) is 79.7 Å². The van der Waals surface area contributed by atoms with E-state index < -0.39 is 18.1 Å². The van der Waals surface area contributed by atoms with Gasteiger partial charge in [0.2, 0.25) is 17.7 Å². The fourth-order valence-electron chi connectivity index (χ4n) is 6.67. The zero-order chi connectivity index (χ0) is 38.3. The Hall–Kier alpha value is -5.29. The van der Waals surface area contributed by atoms with Crippen LogP contribution in [-0.4, -0.2) is 72.1 Å². The number of aromatic amines is 1. The SMILES string of the molecule is CCC(N)=NCCC[C@H](NC(=O)[C@@H](Cc1ccccc1)NCCC(=O)[C@H](Cc1ccc(C2CC2)cc1)NC(C)=O)C(=O)NCCc1c[nH]c2ccccc12. The summed E-state index contributed by atoms with van der Waals surface area (Å²) in [4.78, 5) is 60.8. The molecular formula is C43H55N7O4. The number of Topliss-reactive ketones (excluding diaryl/α,β-unsaturated/α-hetero) is 1. The van der Waals surface area contributed by atoms with Gasteiger partial charge in [0, 0.05) is 56.5 Å². The van der Waals surface area contributed by atoms with Crippen molar-refractivity contribution in [2.45, 2.75) is 95.7 Å². The number of hydrogen-bond donors (Lipinski definition) is 6. The smallest absolute Gasteiger partial charge is 0.242 e. The Morgan fingerprint density at radius 2 is 1.54 bits per heavy atom. The molecule has 1 aromatic heterocycles. The Balaban J connectivity index is 1.22. The summed E-state index contributed by atoms with van der Waals surface area (Å²) in [6.45, 7) is 4.41. The molecule has 3 amide bonds. The third kappa shape index (κ3) is 12.4. The number of nitrogens with zero attached hydrogens (tertiary/aromatic N) is 1. The lowest BCUT2D eigenvalue weighted by Crippen LogP contribution is -2.54. The van der Waals surface area contributed by atoms with Gasteiger partial charge in [-0.3, -0.25) is 24.2 Å². The van der Waals surface area contributed by atoms with Gasteiger partial charge in [-0.2, -0.15) is 0 Å². The molecule has 0 radical (unpaired) electrons. The quantitative estimate of drug-likeness (QED) is 0.0391. The van der Waals surface area contributed by atoms with Crippen molar-refractivity contribution in [2.24, 2.45) is 10.7 Å². The minimum atomic E-state index is -0.796. The molecule has 11 heteroatoms. The standard InChI is InChI=1S/C43H55N7O4/c1-3-41(44)46-23-9-14-37(42(53)47-24-21-34-28-48-36-13-8-7-12-35(34)36)50-43(54)39(27-30-10-5-4-6-11-30)45-25-22-40(52)38(49-29(2)51)26-31-15-17-32(18-16-31)33-19-20-33/h4-8,10-13,15-18,28,33,37-39,45,48H,3,9,14,19-27H2,1-2H3,(H2,44,46)(H,47,53)(H,49,51)(H,50,54)/t37-,38-,39+/m0/s1. The van der Waals surface area contributed by atoms with E-state index in [9.17, 15) is 19.2 Å². The van der Waals surface area contributed by atoms with Crippen molar-refractivity contribution in [1.29, 1.82) is 0 Å². The number of amides is 3. The van der Waals surface area contributed by atoms with Gasteiger partial charge in [0.15, 0.2) is 5.78 Å². The number of benzene rings is 3. The van der Waals surface area contributed by atoms with Crippen LogP contribution in [-0.2, 0) is 38.4 Å². The van der Waals surface area contributed by atoms with Crippen LogP contribution in [0.5, 0.6) is 0 Å². The number of para-hydroxylation sites is 1. The maximum absolute atomic E-state index is 14.0. The molecule has 3 atom stereocenters. The number of hydrogen-bond acceptors (Lipinski definition) is 6. The average molecular weight is 734 g/mol. The molecule has 7 N–H and O–H groups in total. The molecule has 3 aromatic carbocycles. The topological polar surface area (TPSA) is 171 Å². The molecule has 1 aliphatic carbocycles. The average Bonchev–Trinajstić information content (AvgIpc) is 3.95. The summed E-state index contributed by atoms with van der Waals surface area (Å²) in [5, 5.41) is 13.3. The molecule has 0 spiro atoms. The van der Waals surface area contributed by atoms with E-state index in [0.717, 1.165) is 27.6 Å². The molecule has 54 heavy (non-hydrogen) atoms. The molecule has 1 fully saturated rings. The van der Waals surface area contributed by atoms with Crippen LogP contribution in [0.3, 0.4) is 0 Å². The third-order valence-electron chi connectivity index (χ3n) is 9.93. The van der Waals surface area contributed by atoms with Gasteiger partial charge >= 0.3 is 0 Å². The highest BCUT2D eigenvalue weighted by atomic mass is 16.2. The Kier molecular flexibility index (Phi) is 15.0. The number of aromatic nitrogens is 1. The summed E-state index contributed by atoms with van der Waals surface area (Å²) in [5.41, 5.74) is 11.3. The van der Waals surface area contributed by atoms with Crippen LogP contribution >= 0.6 is 0 Å². The van der Waals surface area contributed by atoms with Gasteiger partial charge in [0.25, 0.3) is 0 Å². The summed E-state index contributed by atoms with van der Waals surface area (Å²) >= 11 is 0. The second kappa shape index (κ2) is 20.2. The number of H-pyrrole nitrogens is 1. The normalized spacial score (nSPS) is 14.6. The highest BCUT2D eigenvalue weighted by Gasteiger charge is 2.27. The van der Waals surface area contributed by atoms with Gasteiger partial charge in [-0.25, -0.2) is 0 Å². The number of fused-ring (bicyclic) bond motifs is 1. The number of carbonyl (C=O) groups is 4. The molecule has 4 aromatic rings. The molecule has 1 saturated carbocycles. The Morgan fingerprint density at radius 3 is 2.26 bits per heavy atom.